The molecule has 1 fully saturated rings. The number of aromatic nitrogens is 2. The molecule has 3 heterocycles. The predicted molar refractivity (Wildman–Crippen MR) is 83.2 cm³/mol. The zero-order valence-corrected chi connectivity index (χ0v) is 13.1. The molecule has 0 unspecified atom stereocenters. The van der Waals surface area contributed by atoms with Crippen LogP contribution in [-0.4, -0.2) is 36.1 Å². The summed E-state index contributed by atoms with van der Waals surface area (Å²) in [5.41, 5.74) is 1.04. The number of halogens is 1. The van der Waals surface area contributed by atoms with Crippen LogP contribution in [0.4, 0.5) is 10.9 Å². The molecule has 1 saturated heterocycles. The molecular formula is C13H15BrN4S. The molecule has 0 aromatic carbocycles. The Bertz CT molecular complexity index is 550. The van der Waals surface area contributed by atoms with Gasteiger partial charge in [0.1, 0.15) is 5.82 Å². The van der Waals surface area contributed by atoms with Crippen LogP contribution < -0.4 is 9.80 Å². The van der Waals surface area contributed by atoms with Gasteiger partial charge in [0.15, 0.2) is 5.13 Å². The second-order valence-electron chi connectivity index (χ2n) is 4.53. The minimum Gasteiger partial charge on any atom is -0.353 e. The monoisotopic (exact) mass is 338 g/mol. The predicted octanol–water partition coefficient (Wildman–Crippen LogP) is 2.94. The third-order valence-corrected chi connectivity index (χ3v) is 4.97. The van der Waals surface area contributed by atoms with E-state index in [9.17, 15) is 0 Å². The van der Waals surface area contributed by atoms with Crippen molar-refractivity contribution in [3.63, 3.8) is 0 Å². The minimum absolute atomic E-state index is 0.994. The SMILES string of the molecule is Cc1nc(N2CCN(c3nccs3)CC2)ccc1Br. The molecule has 1 aliphatic rings. The van der Waals surface area contributed by atoms with Crippen molar-refractivity contribution < 1.29 is 0 Å². The number of nitrogens with zero attached hydrogens (tertiary/aromatic N) is 4. The molecule has 6 heteroatoms. The Kier molecular flexibility index (Phi) is 3.70. The Balaban J connectivity index is 1.68. The molecule has 0 radical (unpaired) electrons. The minimum atomic E-state index is 0.994. The van der Waals surface area contributed by atoms with Gasteiger partial charge in [0.25, 0.3) is 0 Å². The molecule has 2 aromatic rings. The summed E-state index contributed by atoms with van der Waals surface area (Å²) in [6.45, 7) is 6.02. The summed E-state index contributed by atoms with van der Waals surface area (Å²) in [5, 5.41) is 3.15. The first kappa shape index (κ1) is 12.9. The van der Waals surface area contributed by atoms with Crippen LogP contribution in [0.15, 0.2) is 28.2 Å². The van der Waals surface area contributed by atoms with Crippen LogP contribution in [-0.2, 0) is 0 Å². The highest BCUT2D eigenvalue weighted by atomic mass is 79.9. The van der Waals surface area contributed by atoms with E-state index >= 15 is 0 Å². The maximum absolute atomic E-state index is 4.63. The summed E-state index contributed by atoms with van der Waals surface area (Å²) >= 11 is 5.20. The molecule has 0 N–H and O–H groups in total. The van der Waals surface area contributed by atoms with Crippen LogP contribution in [0.3, 0.4) is 0 Å². The first-order valence-corrected chi connectivity index (χ1v) is 7.94. The Labute approximate surface area is 125 Å². The van der Waals surface area contributed by atoms with Gasteiger partial charge in [0, 0.05) is 42.2 Å². The van der Waals surface area contributed by atoms with E-state index in [-0.39, 0.29) is 0 Å². The molecule has 0 aliphatic carbocycles. The summed E-state index contributed by atoms with van der Waals surface area (Å²) in [7, 11) is 0. The Morgan fingerprint density at radius 1 is 1.16 bits per heavy atom. The molecule has 2 aromatic heterocycles. The van der Waals surface area contributed by atoms with Gasteiger partial charge in [0.2, 0.25) is 0 Å². The summed E-state index contributed by atoms with van der Waals surface area (Å²) in [6, 6.07) is 4.15. The van der Waals surface area contributed by atoms with Crippen molar-refractivity contribution in [1.82, 2.24) is 9.97 Å². The molecule has 0 spiro atoms. The number of aryl methyl sites for hydroxylation is 1. The molecule has 1 aliphatic heterocycles. The van der Waals surface area contributed by atoms with Crippen molar-refractivity contribution in [2.45, 2.75) is 6.92 Å². The average Bonchev–Trinajstić information content (AvgIpc) is 2.96. The summed E-state index contributed by atoms with van der Waals surface area (Å²) in [5.74, 6) is 1.07. The van der Waals surface area contributed by atoms with Crippen molar-refractivity contribution >= 4 is 38.2 Å². The van der Waals surface area contributed by atoms with E-state index in [1.807, 2.05) is 18.5 Å². The Hall–Kier alpha value is -1.14. The van der Waals surface area contributed by atoms with Crippen LogP contribution in [0.25, 0.3) is 0 Å². The highest BCUT2D eigenvalue weighted by Crippen LogP contribution is 2.23. The van der Waals surface area contributed by atoms with Gasteiger partial charge in [-0.25, -0.2) is 9.97 Å². The van der Waals surface area contributed by atoms with E-state index < -0.39 is 0 Å². The molecular weight excluding hydrogens is 324 g/mol. The second kappa shape index (κ2) is 5.46. The first-order valence-electron chi connectivity index (χ1n) is 6.26. The summed E-state index contributed by atoms with van der Waals surface area (Å²) < 4.78 is 1.07. The highest BCUT2D eigenvalue weighted by molar-refractivity contribution is 9.10. The van der Waals surface area contributed by atoms with E-state index in [2.05, 4.69) is 47.8 Å². The van der Waals surface area contributed by atoms with Gasteiger partial charge in [-0.1, -0.05) is 0 Å². The smallest absolute Gasteiger partial charge is 0.185 e. The van der Waals surface area contributed by atoms with E-state index in [0.717, 1.165) is 47.3 Å². The number of anilines is 2. The normalized spacial score (nSPS) is 15.9. The highest BCUT2D eigenvalue weighted by Gasteiger charge is 2.19. The lowest BCUT2D eigenvalue weighted by Gasteiger charge is -2.35. The van der Waals surface area contributed by atoms with Gasteiger partial charge in [0.05, 0.1) is 5.69 Å². The van der Waals surface area contributed by atoms with Gasteiger partial charge in [-0.3, -0.25) is 0 Å². The molecule has 0 bridgehead atoms. The summed E-state index contributed by atoms with van der Waals surface area (Å²) in [6.07, 6.45) is 1.87. The van der Waals surface area contributed by atoms with Crippen LogP contribution in [0.2, 0.25) is 0 Å². The maximum Gasteiger partial charge on any atom is 0.185 e. The third kappa shape index (κ3) is 2.74. The van der Waals surface area contributed by atoms with Gasteiger partial charge in [-0.15, -0.1) is 11.3 Å². The van der Waals surface area contributed by atoms with Gasteiger partial charge >= 0.3 is 0 Å². The van der Waals surface area contributed by atoms with Crippen molar-refractivity contribution in [1.29, 1.82) is 0 Å². The quantitative estimate of drug-likeness (QED) is 0.842. The molecule has 4 nitrogen and oxygen atoms in total. The van der Waals surface area contributed by atoms with E-state index in [4.69, 9.17) is 0 Å². The number of rotatable bonds is 2. The fraction of sp³-hybridized carbons (Fsp3) is 0.385. The van der Waals surface area contributed by atoms with Crippen LogP contribution in [0, 0.1) is 6.92 Å². The lowest BCUT2D eigenvalue weighted by atomic mass is 10.3. The molecule has 3 rings (SSSR count). The first-order chi connectivity index (χ1) is 9.24. The number of pyridine rings is 1. The van der Waals surface area contributed by atoms with Gasteiger partial charge in [-0.05, 0) is 35.0 Å². The summed E-state index contributed by atoms with van der Waals surface area (Å²) in [4.78, 5) is 13.7. The number of hydrogen-bond donors (Lipinski definition) is 0. The average molecular weight is 339 g/mol. The molecule has 19 heavy (non-hydrogen) atoms. The number of piperazine rings is 1. The number of hydrogen-bond acceptors (Lipinski definition) is 5. The fourth-order valence-corrected chi connectivity index (χ4v) is 3.12. The van der Waals surface area contributed by atoms with Gasteiger partial charge in [-0.2, -0.15) is 0 Å². The zero-order chi connectivity index (χ0) is 13.2. The van der Waals surface area contributed by atoms with Crippen molar-refractivity contribution in [3.8, 4) is 0 Å². The standard InChI is InChI=1S/C13H15BrN4S/c1-10-11(14)2-3-12(16-10)17-5-7-18(8-6-17)13-15-4-9-19-13/h2-4,9H,5-8H2,1H3. The van der Waals surface area contributed by atoms with E-state index in [1.54, 1.807) is 11.3 Å². The Morgan fingerprint density at radius 3 is 2.53 bits per heavy atom. The fourth-order valence-electron chi connectivity index (χ4n) is 2.21. The van der Waals surface area contributed by atoms with Gasteiger partial charge < -0.3 is 9.80 Å². The van der Waals surface area contributed by atoms with E-state index in [1.165, 1.54) is 0 Å². The second-order valence-corrected chi connectivity index (χ2v) is 6.25. The Morgan fingerprint density at radius 2 is 1.89 bits per heavy atom. The molecule has 100 valence electrons. The third-order valence-electron chi connectivity index (χ3n) is 3.30. The maximum atomic E-state index is 4.63. The van der Waals surface area contributed by atoms with Crippen LogP contribution in [0.5, 0.6) is 0 Å². The van der Waals surface area contributed by atoms with E-state index in [0.29, 0.717) is 0 Å². The molecule has 0 amide bonds. The van der Waals surface area contributed by atoms with Crippen molar-refractivity contribution in [3.05, 3.63) is 33.9 Å². The lowest BCUT2D eigenvalue weighted by molar-refractivity contribution is 0.645. The van der Waals surface area contributed by atoms with Crippen LogP contribution >= 0.6 is 27.3 Å². The lowest BCUT2D eigenvalue weighted by Crippen LogP contribution is -2.46. The van der Waals surface area contributed by atoms with Crippen molar-refractivity contribution in [2.24, 2.45) is 0 Å². The molecule has 0 saturated carbocycles. The zero-order valence-electron chi connectivity index (χ0n) is 10.7. The van der Waals surface area contributed by atoms with Crippen molar-refractivity contribution in [2.75, 3.05) is 36.0 Å². The molecule has 0 atom stereocenters. The van der Waals surface area contributed by atoms with Crippen LogP contribution in [0.1, 0.15) is 5.69 Å². The topological polar surface area (TPSA) is 32.3 Å². The number of thiazole rings is 1. The largest absolute Gasteiger partial charge is 0.353 e.